The molecular weight excluding hydrogens is 268 g/mol. The van der Waals surface area contributed by atoms with Crippen molar-refractivity contribution < 1.29 is 19.4 Å². The molecule has 1 atom stereocenters. The minimum Gasteiger partial charge on any atom is -0.481 e. The van der Waals surface area contributed by atoms with Gasteiger partial charge in [-0.3, -0.25) is 9.59 Å². The molecule has 0 unspecified atom stereocenters. The molecule has 0 bridgehead atoms. The van der Waals surface area contributed by atoms with Gasteiger partial charge in [0.1, 0.15) is 11.5 Å². The molecule has 1 heterocycles. The summed E-state index contributed by atoms with van der Waals surface area (Å²) in [5, 5.41) is 9.09. The Balaban J connectivity index is 2.06. The molecule has 3 rings (SSSR count). The van der Waals surface area contributed by atoms with Crippen LogP contribution in [0.2, 0.25) is 0 Å². The second-order valence-electron chi connectivity index (χ2n) is 5.13. The second-order valence-corrected chi connectivity index (χ2v) is 5.13. The average Bonchev–Trinajstić information content (AvgIpc) is 2.62. The normalized spacial score (nSPS) is 14.4. The van der Waals surface area contributed by atoms with E-state index < -0.39 is 11.9 Å². The Labute approximate surface area is 122 Å². The van der Waals surface area contributed by atoms with Crippen LogP contribution in [-0.4, -0.2) is 16.9 Å². The Kier molecular flexibility index (Phi) is 3.22. The summed E-state index contributed by atoms with van der Waals surface area (Å²) in [5.41, 5.74) is 1.88. The molecule has 0 saturated heterocycles. The minimum atomic E-state index is -0.916. The van der Waals surface area contributed by atoms with Crippen LogP contribution < -0.4 is 4.74 Å². The molecular formula is C17H14O4. The zero-order chi connectivity index (χ0) is 15.0. The van der Waals surface area contributed by atoms with Crippen LogP contribution in [-0.2, 0) is 11.2 Å². The fraction of sp³-hybridized carbons (Fsp3) is 0.176. The smallest absolute Gasteiger partial charge is 0.310 e. The standard InChI is InChI=1S/C17H14O4/c1-10(17(19)20)11-6-7-16-13(8-11)14(18)9-12-4-2-3-5-15(12)21-16/h2-8,10H,9H2,1H3,(H,19,20)/t10-/m1/s1. The highest BCUT2D eigenvalue weighted by Crippen LogP contribution is 2.35. The van der Waals surface area contributed by atoms with E-state index in [1.807, 2.05) is 24.3 Å². The van der Waals surface area contributed by atoms with E-state index in [9.17, 15) is 9.59 Å². The van der Waals surface area contributed by atoms with Crippen LogP contribution in [0, 0.1) is 0 Å². The van der Waals surface area contributed by atoms with E-state index in [0.29, 0.717) is 22.6 Å². The van der Waals surface area contributed by atoms with Crippen molar-refractivity contribution in [3.63, 3.8) is 0 Å². The molecule has 106 valence electrons. The molecule has 0 amide bonds. The summed E-state index contributed by atoms with van der Waals surface area (Å²) in [6.07, 6.45) is 0.258. The number of ether oxygens (including phenoxy) is 1. The minimum absolute atomic E-state index is 0.0608. The number of carboxylic acid groups (broad SMARTS) is 1. The fourth-order valence-electron chi connectivity index (χ4n) is 2.40. The van der Waals surface area contributed by atoms with Crippen molar-refractivity contribution in [1.82, 2.24) is 0 Å². The highest BCUT2D eigenvalue weighted by molar-refractivity contribution is 6.01. The number of carbonyl (C=O) groups is 2. The van der Waals surface area contributed by atoms with Crippen LogP contribution in [0.5, 0.6) is 11.5 Å². The van der Waals surface area contributed by atoms with Gasteiger partial charge in [0.05, 0.1) is 11.5 Å². The maximum atomic E-state index is 12.4. The Morgan fingerprint density at radius 2 is 1.95 bits per heavy atom. The molecule has 0 radical (unpaired) electrons. The zero-order valence-electron chi connectivity index (χ0n) is 11.5. The SMILES string of the molecule is C[C@@H](C(=O)O)c1ccc2c(c1)C(=O)Cc1ccccc1O2. The molecule has 0 aromatic heterocycles. The summed E-state index contributed by atoms with van der Waals surface area (Å²) in [6, 6.07) is 12.4. The van der Waals surface area contributed by atoms with Gasteiger partial charge >= 0.3 is 5.97 Å². The monoisotopic (exact) mass is 282 g/mol. The van der Waals surface area contributed by atoms with E-state index in [2.05, 4.69) is 0 Å². The second kappa shape index (κ2) is 5.05. The summed E-state index contributed by atoms with van der Waals surface area (Å²) in [4.78, 5) is 23.5. The molecule has 1 N–H and O–H groups in total. The van der Waals surface area contributed by atoms with Crippen LogP contribution >= 0.6 is 0 Å². The Hall–Kier alpha value is -2.62. The van der Waals surface area contributed by atoms with Crippen LogP contribution in [0.25, 0.3) is 0 Å². The lowest BCUT2D eigenvalue weighted by Crippen LogP contribution is -2.09. The van der Waals surface area contributed by atoms with Crippen molar-refractivity contribution in [2.75, 3.05) is 0 Å². The number of fused-ring (bicyclic) bond motifs is 2. The quantitative estimate of drug-likeness (QED) is 0.916. The number of aliphatic carboxylic acids is 1. The molecule has 0 fully saturated rings. The number of carboxylic acids is 1. The van der Waals surface area contributed by atoms with Gasteiger partial charge < -0.3 is 9.84 Å². The highest BCUT2D eigenvalue weighted by Gasteiger charge is 2.23. The topological polar surface area (TPSA) is 63.6 Å². The molecule has 4 heteroatoms. The molecule has 2 aromatic rings. The van der Waals surface area contributed by atoms with Crippen molar-refractivity contribution in [2.24, 2.45) is 0 Å². The third kappa shape index (κ3) is 2.40. The first-order valence-corrected chi connectivity index (χ1v) is 6.72. The lowest BCUT2D eigenvalue weighted by molar-refractivity contribution is -0.138. The summed E-state index contributed by atoms with van der Waals surface area (Å²) in [6.45, 7) is 1.60. The summed E-state index contributed by atoms with van der Waals surface area (Å²) in [5.74, 6) is -0.488. The van der Waals surface area contributed by atoms with Crippen LogP contribution in [0.3, 0.4) is 0 Å². The summed E-state index contributed by atoms with van der Waals surface area (Å²) >= 11 is 0. The van der Waals surface area contributed by atoms with Gasteiger partial charge in [0.2, 0.25) is 0 Å². The van der Waals surface area contributed by atoms with E-state index in [0.717, 1.165) is 5.56 Å². The number of hydrogen-bond donors (Lipinski definition) is 1. The summed E-state index contributed by atoms with van der Waals surface area (Å²) < 4.78 is 5.80. The van der Waals surface area contributed by atoms with Gasteiger partial charge in [-0.05, 0) is 30.7 Å². The first kappa shape index (κ1) is 13.4. The maximum absolute atomic E-state index is 12.4. The van der Waals surface area contributed by atoms with Crippen LogP contribution in [0.4, 0.5) is 0 Å². The molecule has 21 heavy (non-hydrogen) atoms. The lowest BCUT2D eigenvalue weighted by Gasteiger charge is -2.11. The first-order valence-electron chi connectivity index (χ1n) is 6.72. The molecule has 0 aliphatic carbocycles. The zero-order valence-corrected chi connectivity index (χ0v) is 11.5. The van der Waals surface area contributed by atoms with Crippen molar-refractivity contribution in [3.8, 4) is 11.5 Å². The third-order valence-electron chi connectivity index (χ3n) is 3.72. The first-order chi connectivity index (χ1) is 10.1. The molecule has 1 aliphatic rings. The molecule has 4 nitrogen and oxygen atoms in total. The maximum Gasteiger partial charge on any atom is 0.310 e. The number of rotatable bonds is 2. The van der Waals surface area contributed by atoms with Gasteiger partial charge in [0.15, 0.2) is 5.78 Å². The largest absolute Gasteiger partial charge is 0.481 e. The van der Waals surface area contributed by atoms with Gasteiger partial charge in [-0.2, -0.15) is 0 Å². The number of hydrogen-bond acceptors (Lipinski definition) is 3. The van der Waals surface area contributed by atoms with Gasteiger partial charge in [0, 0.05) is 12.0 Å². The molecule has 0 spiro atoms. The van der Waals surface area contributed by atoms with E-state index in [-0.39, 0.29) is 12.2 Å². The Bertz CT molecular complexity index is 733. The predicted octanol–water partition coefficient (Wildman–Crippen LogP) is 3.41. The number of carbonyl (C=O) groups excluding carboxylic acids is 1. The third-order valence-corrected chi connectivity index (χ3v) is 3.72. The van der Waals surface area contributed by atoms with Gasteiger partial charge in [0.25, 0.3) is 0 Å². The Morgan fingerprint density at radius 1 is 1.19 bits per heavy atom. The lowest BCUT2D eigenvalue weighted by atomic mass is 9.96. The number of benzene rings is 2. The van der Waals surface area contributed by atoms with Crippen molar-refractivity contribution in [2.45, 2.75) is 19.3 Å². The van der Waals surface area contributed by atoms with Crippen molar-refractivity contribution >= 4 is 11.8 Å². The van der Waals surface area contributed by atoms with Gasteiger partial charge in [-0.25, -0.2) is 0 Å². The number of Topliss-reactive ketones (excluding diaryl/α,β-unsaturated/α-hetero) is 1. The van der Waals surface area contributed by atoms with E-state index >= 15 is 0 Å². The fourth-order valence-corrected chi connectivity index (χ4v) is 2.40. The molecule has 0 saturated carbocycles. The van der Waals surface area contributed by atoms with E-state index in [1.54, 1.807) is 25.1 Å². The van der Waals surface area contributed by atoms with Gasteiger partial charge in [-0.15, -0.1) is 0 Å². The van der Waals surface area contributed by atoms with Crippen molar-refractivity contribution in [3.05, 3.63) is 59.2 Å². The van der Waals surface area contributed by atoms with E-state index in [1.165, 1.54) is 0 Å². The van der Waals surface area contributed by atoms with Crippen LogP contribution in [0.15, 0.2) is 42.5 Å². The van der Waals surface area contributed by atoms with Crippen molar-refractivity contribution in [1.29, 1.82) is 0 Å². The van der Waals surface area contributed by atoms with Gasteiger partial charge in [-0.1, -0.05) is 24.3 Å². The highest BCUT2D eigenvalue weighted by atomic mass is 16.5. The molecule has 2 aromatic carbocycles. The Morgan fingerprint density at radius 3 is 2.71 bits per heavy atom. The summed E-state index contributed by atoms with van der Waals surface area (Å²) in [7, 11) is 0. The number of para-hydroxylation sites is 1. The number of ketones is 1. The predicted molar refractivity (Wildman–Crippen MR) is 77.0 cm³/mol. The molecule has 1 aliphatic heterocycles. The average molecular weight is 282 g/mol. The van der Waals surface area contributed by atoms with Crippen LogP contribution in [0.1, 0.15) is 34.3 Å². The van der Waals surface area contributed by atoms with E-state index in [4.69, 9.17) is 9.84 Å².